The Morgan fingerprint density at radius 3 is 2.45 bits per heavy atom. The number of hydrogen-bond acceptors (Lipinski definition) is 6. The summed E-state index contributed by atoms with van der Waals surface area (Å²) in [6.45, 7) is 0. The van der Waals surface area contributed by atoms with Gasteiger partial charge in [-0.15, -0.1) is 11.3 Å². The van der Waals surface area contributed by atoms with Gasteiger partial charge in [-0.1, -0.05) is 0 Å². The summed E-state index contributed by atoms with van der Waals surface area (Å²) in [5.74, 6) is 0.0986. The minimum Gasteiger partial charge on any atom is -0.493 e. The van der Waals surface area contributed by atoms with Crippen molar-refractivity contribution in [1.82, 2.24) is 14.6 Å². The van der Waals surface area contributed by atoms with Crippen LogP contribution in [-0.4, -0.2) is 34.7 Å². The number of rotatable bonds is 5. The molecule has 33 heavy (non-hydrogen) atoms. The average Bonchev–Trinajstić information content (AvgIpc) is 3.35. The highest BCUT2D eigenvalue weighted by Gasteiger charge is 2.36. The molecule has 1 amide bonds. The van der Waals surface area contributed by atoms with Crippen LogP contribution in [0.1, 0.15) is 16.2 Å². The largest absolute Gasteiger partial charge is 0.493 e. The molecular weight excluding hydrogens is 593 g/mol. The Bertz CT molecular complexity index is 1370. The molecule has 0 radical (unpaired) electrons. The summed E-state index contributed by atoms with van der Waals surface area (Å²) >= 11 is 7.73. The SMILES string of the molecule is COc1ccc(NC(=O)c2nn3c(C(F)(F)F)cc(-c4cc(Br)cs4)nc3c2Br)cc1OC. The second-order valence-electron chi connectivity index (χ2n) is 6.58. The fourth-order valence-corrected chi connectivity index (χ4v) is 4.92. The first-order chi connectivity index (χ1) is 15.6. The van der Waals surface area contributed by atoms with E-state index in [2.05, 4.69) is 47.3 Å². The zero-order valence-corrected chi connectivity index (χ0v) is 20.8. The zero-order valence-electron chi connectivity index (χ0n) is 16.8. The molecule has 0 aliphatic rings. The monoisotopic (exact) mass is 604 g/mol. The van der Waals surface area contributed by atoms with E-state index in [1.54, 1.807) is 23.6 Å². The van der Waals surface area contributed by atoms with Gasteiger partial charge in [-0.05, 0) is 56.1 Å². The lowest BCUT2D eigenvalue weighted by Crippen LogP contribution is -2.15. The van der Waals surface area contributed by atoms with Gasteiger partial charge in [0.15, 0.2) is 28.5 Å². The molecule has 0 saturated carbocycles. The van der Waals surface area contributed by atoms with Crippen LogP contribution in [0, 0.1) is 0 Å². The fourth-order valence-electron chi connectivity index (χ4n) is 3.02. The number of ether oxygens (including phenoxy) is 2. The van der Waals surface area contributed by atoms with Crippen LogP contribution in [0.3, 0.4) is 0 Å². The third-order valence-corrected chi connectivity index (χ3v) is 6.94. The van der Waals surface area contributed by atoms with Gasteiger partial charge in [0.25, 0.3) is 5.91 Å². The van der Waals surface area contributed by atoms with E-state index in [4.69, 9.17) is 9.47 Å². The van der Waals surface area contributed by atoms with Crippen LogP contribution < -0.4 is 14.8 Å². The molecule has 0 fully saturated rings. The van der Waals surface area contributed by atoms with Crippen molar-refractivity contribution in [2.45, 2.75) is 6.18 Å². The molecule has 3 aromatic heterocycles. The molecule has 4 aromatic rings. The molecule has 0 saturated heterocycles. The smallest absolute Gasteiger partial charge is 0.433 e. The van der Waals surface area contributed by atoms with Gasteiger partial charge in [-0.2, -0.15) is 18.3 Å². The van der Waals surface area contributed by atoms with Crippen molar-refractivity contribution in [2.24, 2.45) is 0 Å². The molecule has 3 heterocycles. The molecule has 0 aliphatic carbocycles. The van der Waals surface area contributed by atoms with Crippen molar-refractivity contribution in [1.29, 1.82) is 0 Å². The van der Waals surface area contributed by atoms with E-state index in [9.17, 15) is 18.0 Å². The minimum atomic E-state index is -4.73. The zero-order chi connectivity index (χ0) is 23.9. The maximum Gasteiger partial charge on any atom is 0.433 e. The first kappa shape index (κ1) is 23.5. The summed E-state index contributed by atoms with van der Waals surface area (Å²) in [5, 5.41) is 8.24. The number of nitrogens with one attached hydrogen (secondary N) is 1. The van der Waals surface area contributed by atoms with Gasteiger partial charge in [0, 0.05) is 21.6 Å². The van der Waals surface area contributed by atoms with Gasteiger partial charge < -0.3 is 14.8 Å². The minimum absolute atomic E-state index is 0.0310. The van der Waals surface area contributed by atoms with E-state index < -0.39 is 17.8 Å². The van der Waals surface area contributed by atoms with Crippen molar-refractivity contribution in [3.8, 4) is 22.1 Å². The number of carbonyl (C=O) groups excluding carboxylic acids is 1. The Hall–Kier alpha value is -2.64. The Morgan fingerprint density at radius 1 is 1.12 bits per heavy atom. The highest BCUT2D eigenvalue weighted by Crippen LogP contribution is 2.37. The summed E-state index contributed by atoms with van der Waals surface area (Å²) in [6, 6.07) is 7.24. The number of hydrogen-bond donors (Lipinski definition) is 1. The van der Waals surface area contributed by atoms with Gasteiger partial charge in [-0.25, -0.2) is 9.50 Å². The number of nitrogens with zero attached hydrogens (tertiary/aromatic N) is 3. The first-order valence-electron chi connectivity index (χ1n) is 9.06. The molecule has 7 nitrogen and oxygen atoms in total. The van der Waals surface area contributed by atoms with E-state index in [1.807, 2.05) is 0 Å². The number of benzene rings is 1. The molecule has 4 rings (SSSR count). The maximum absolute atomic E-state index is 13.8. The molecule has 0 spiro atoms. The molecule has 172 valence electrons. The summed E-state index contributed by atoms with van der Waals surface area (Å²) < 4.78 is 53.2. The van der Waals surface area contributed by atoms with Crippen LogP contribution in [0.5, 0.6) is 11.5 Å². The molecule has 0 atom stereocenters. The number of anilines is 1. The number of methoxy groups -OCH3 is 2. The Kier molecular flexibility index (Phi) is 6.38. The Labute approximate surface area is 205 Å². The number of aromatic nitrogens is 3. The second kappa shape index (κ2) is 8.95. The van der Waals surface area contributed by atoms with Crippen LogP contribution in [0.15, 0.2) is 44.7 Å². The molecule has 1 aromatic carbocycles. The predicted molar refractivity (Wildman–Crippen MR) is 124 cm³/mol. The van der Waals surface area contributed by atoms with Crippen molar-refractivity contribution in [3.05, 3.63) is 56.0 Å². The van der Waals surface area contributed by atoms with Crippen LogP contribution >= 0.6 is 43.2 Å². The molecule has 13 heteroatoms. The van der Waals surface area contributed by atoms with E-state index >= 15 is 0 Å². The second-order valence-corrected chi connectivity index (χ2v) is 9.20. The van der Waals surface area contributed by atoms with Crippen LogP contribution in [0.25, 0.3) is 16.2 Å². The first-order valence-corrected chi connectivity index (χ1v) is 11.5. The summed E-state index contributed by atoms with van der Waals surface area (Å²) in [4.78, 5) is 17.7. The third kappa shape index (κ3) is 4.57. The molecular formula is C20H13Br2F3N4O3S. The number of amides is 1. The average molecular weight is 606 g/mol. The van der Waals surface area contributed by atoms with E-state index in [0.717, 1.165) is 10.5 Å². The number of halogens is 5. The van der Waals surface area contributed by atoms with Gasteiger partial charge in [0.1, 0.15) is 0 Å². The lowest BCUT2D eigenvalue weighted by molar-refractivity contribution is -0.142. The van der Waals surface area contributed by atoms with Crippen molar-refractivity contribution < 1.29 is 27.4 Å². The summed E-state index contributed by atoms with van der Waals surface area (Å²) in [5.41, 5.74) is -1.00. The van der Waals surface area contributed by atoms with Gasteiger partial charge in [0.05, 0.1) is 29.3 Å². The number of thiophene rings is 1. The van der Waals surface area contributed by atoms with Crippen LogP contribution in [0.4, 0.5) is 18.9 Å². The van der Waals surface area contributed by atoms with E-state index in [1.165, 1.54) is 31.6 Å². The van der Waals surface area contributed by atoms with Crippen LogP contribution in [-0.2, 0) is 6.18 Å². The Balaban J connectivity index is 1.79. The quantitative estimate of drug-likeness (QED) is 0.290. The highest BCUT2D eigenvalue weighted by molar-refractivity contribution is 9.11. The molecule has 0 bridgehead atoms. The van der Waals surface area contributed by atoms with Gasteiger partial charge in [-0.3, -0.25) is 4.79 Å². The standard InChI is InChI=1S/C20H13Br2F3N4O3S/c1-31-12-4-3-10(6-13(12)32-2)26-19(30)17-16(22)18-27-11(14-5-9(21)8-33-14)7-15(20(23,24)25)29(18)28-17/h3-8H,1-2H3,(H,26,30). The number of carbonyl (C=O) groups is 1. The highest BCUT2D eigenvalue weighted by atomic mass is 79.9. The predicted octanol–water partition coefficient (Wildman–Crippen LogP) is 6.27. The number of fused-ring (bicyclic) bond motifs is 1. The van der Waals surface area contributed by atoms with E-state index in [0.29, 0.717) is 26.6 Å². The summed E-state index contributed by atoms with van der Waals surface area (Å²) in [7, 11) is 2.91. The van der Waals surface area contributed by atoms with Gasteiger partial charge in [0.2, 0.25) is 0 Å². The Morgan fingerprint density at radius 2 is 1.85 bits per heavy atom. The lowest BCUT2D eigenvalue weighted by atomic mass is 10.2. The topological polar surface area (TPSA) is 77.8 Å². The fraction of sp³-hybridized carbons (Fsp3) is 0.150. The van der Waals surface area contributed by atoms with Crippen LogP contribution in [0.2, 0.25) is 0 Å². The normalized spacial score (nSPS) is 11.6. The maximum atomic E-state index is 13.8. The summed E-state index contributed by atoms with van der Waals surface area (Å²) in [6.07, 6.45) is -4.73. The van der Waals surface area contributed by atoms with Crippen molar-refractivity contribution in [2.75, 3.05) is 19.5 Å². The number of alkyl halides is 3. The van der Waals surface area contributed by atoms with Crippen molar-refractivity contribution >= 4 is 60.4 Å². The molecule has 1 N–H and O–H groups in total. The third-order valence-electron chi connectivity index (χ3n) is 4.50. The van der Waals surface area contributed by atoms with Crippen molar-refractivity contribution in [3.63, 3.8) is 0 Å². The lowest BCUT2D eigenvalue weighted by Gasteiger charge is -2.10. The molecule has 0 unspecified atom stereocenters. The molecule has 0 aliphatic heterocycles. The van der Waals surface area contributed by atoms with Gasteiger partial charge >= 0.3 is 6.18 Å². The van der Waals surface area contributed by atoms with E-state index in [-0.39, 0.29) is 21.5 Å².